The molecule has 0 atom stereocenters. The van der Waals surface area contributed by atoms with Crippen LogP contribution in [-0.4, -0.2) is 0 Å². The molecule has 1 heterocycles. The van der Waals surface area contributed by atoms with Gasteiger partial charge in [0.25, 0.3) is 0 Å². The zero-order valence-electron chi connectivity index (χ0n) is 6.53. The maximum Gasteiger partial charge on any atom is 0.304 e. The molecule has 1 aromatic heterocycles. The van der Waals surface area contributed by atoms with E-state index in [1.165, 1.54) is 13.0 Å². The Morgan fingerprint density at radius 3 is 2.45 bits per heavy atom. The summed E-state index contributed by atoms with van der Waals surface area (Å²) in [7, 11) is 0. The number of furan rings is 1. The van der Waals surface area contributed by atoms with Crippen molar-refractivity contribution >= 4 is 0 Å². The first-order valence-corrected chi connectivity index (χ1v) is 3.51. The van der Waals surface area contributed by atoms with E-state index in [1.54, 1.807) is 13.0 Å². The fourth-order valence-corrected chi connectivity index (χ4v) is 0.805. The molecule has 0 aliphatic rings. The van der Waals surface area contributed by atoms with Crippen LogP contribution in [0.3, 0.4) is 0 Å². The molecule has 1 nitrogen and oxygen atoms in total. The fraction of sp³-hybridized carbons (Fsp3) is 0.500. The number of hydrogen-bond acceptors (Lipinski definition) is 1. The predicted molar refractivity (Wildman–Crippen MR) is 37.6 cm³/mol. The Hall–Kier alpha value is -0.860. The Kier molecular flexibility index (Phi) is 1.98. The number of halogens is 2. The monoisotopic (exact) mass is 160 g/mol. The van der Waals surface area contributed by atoms with E-state index < -0.39 is 5.92 Å². The van der Waals surface area contributed by atoms with Gasteiger partial charge in [-0.3, -0.25) is 0 Å². The van der Waals surface area contributed by atoms with E-state index in [-0.39, 0.29) is 12.2 Å². The van der Waals surface area contributed by atoms with Crippen LogP contribution >= 0.6 is 0 Å². The van der Waals surface area contributed by atoms with E-state index in [2.05, 4.69) is 0 Å². The van der Waals surface area contributed by atoms with Gasteiger partial charge in [0.2, 0.25) is 0 Å². The molecule has 3 heteroatoms. The SMILES string of the molecule is CCC(F)(F)c1ccc(C)o1. The molecule has 0 radical (unpaired) electrons. The molecule has 1 rings (SSSR count). The maximum atomic E-state index is 12.8. The summed E-state index contributed by atoms with van der Waals surface area (Å²) in [5.41, 5.74) is 0. The van der Waals surface area contributed by atoms with Crippen molar-refractivity contribution in [1.82, 2.24) is 0 Å². The average Bonchev–Trinajstić information content (AvgIpc) is 2.36. The molecule has 0 aliphatic carbocycles. The van der Waals surface area contributed by atoms with Gasteiger partial charge in [0.1, 0.15) is 5.76 Å². The van der Waals surface area contributed by atoms with Crippen molar-refractivity contribution in [3.8, 4) is 0 Å². The molecule has 0 N–H and O–H groups in total. The molecule has 0 saturated carbocycles. The lowest BCUT2D eigenvalue weighted by atomic mass is 10.2. The van der Waals surface area contributed by atoms with Gasteiger partial charge in [-0.05, 0) is 19.1 Å². The zero-order chi connectivity index (χ0) is 8.48. The first-order valence-electron chi connectivity index (χ1n) is 3.51. The third kappa shape index (κ3) is 1.59. The lowest BCUT2D eigenvalue weighted by molar-refractivity contribution is -0.0300. The molecule has 0 saturated heterocycles. The van der Waals surface area contributed by atoms with Gasteiger partial charge in [-0.2, -0.15) is 8.78 Å². The average molecular weight is 160 g/mol. The van der Waals surface area contributed by atoms with Crippen LogP contribution in [0.2, 0.25) is 0 Å². The van der Waals surface area contributed by atoms with Gasteiger partial charge >= 0.3 is 5.92 Å². The van der Waals surface area contributed by atoms with E-state index >= 15 is 0 Å². The summed E-state index contributed by atoms with van der Waals surface area (Å²) < 4.78 is 30.4. The van der Waals surface area contributed by atoms with Crippen molar-refractivity contribution in [3.05, 3.63) is 23.7 Å². The Bertz CT molecular complexity index is 240. The topological polar surface area (TPSA) is 13.1 Å². The minimum absolute atomic E-state index is 0.222. The van der Waals surface area contributed by atoms with E-state index in [4.69, 9.17) is 4.42 Å². The smallest absolute Gasteiger partial charge is 0.304 e. The zero-order valence-corrected chi connectivity index (χ0v) is 6.53. The van der Waals surface area contributed by atoms with Crippen LogP contribution in [0, 0.1) is 6.92 Å². The van der Waals surface area contributed by atoms with Crippen molar-refractivity contribution in [3.63, 3.8) is 0 Å². The van der Waals surface area contributed by atoms with Crippen LogP contribution in [0.1, 0.15) is 24.9 Å². The summed E-state index contributed by atoms with van der Waals surface area (Å²) in [4.78, 5) is 0. The highest BCUT2D eigenvalue weighted by Crippen LogP contribution is 2.32. The summed E-state index contributed by atoms with van der Waals surface area (Å²) in [6, 6.07) is 2.86. The van der Waals surface area contributed by atoms with Gasteiger partial charge in [-0.15, -0.1) is 0 Å². The third-order valence-electron chi connectivity index (χ3n) is 1.54. The second-order valence-corrected chi connectivity index (χ2v) is 2.47. The predicted octanol–water partition coefficient (Wildman–Crippen LogP) is 3.09. The number of alkyl halides is 2. The molecular weight excluding hydrogens is 150 g/mol. The summed E-state index contributed by atoms with van der Waals surface area (Å²) in [5.74, 6) is -2.53. The molecule has 0 aliphatic heterocycles. The Morgan fingerprint density at radius 1 is 1.45 bits per heavy atom. The molecule has 0 aromatic carbocycles. The lowest BCUT2D eigenvalue weighted by Crippen LogP contribution is -2.09. The van der Waals surface area contributed by atoms with Gasteiger partial charge in [-0.1, -0.05) is 6.92 Å². The fourth-order valence-electron chi connectivity index (χ4n) is 0.805. The van der Waals surface area contributed by atoms with Crippen LogP contribution in [0.5, 0.6) is 0 Å². The van der Waals surface area contributed by atoms with Crippen LogP contribution in [0.4, 0.5) is 8.78 Å². The summed E-state index contributed by atoms with van der Waals surface area (Å²) in [6.45, 7) is 3.08. The van der Waals surface area contributed by atoms with Crippen LogP contribution in [-0.2, 0) is 5.92 Å². The summed E-state index contributed by atoms with van der Waals surface area (Å²) >= 11 is 0. The molecular formula is C8H10F2O. The van der Waals surface area contributed by atoms with E-state index in [0.29, 0.717) is 5.76 Å². The quantitative estimate of drug-likeness (QED) is 0.647. The van der Waals surface area contributed by atoms with Crippen molar-refractivity contribution < 1.29 is 13.2 Å². The minimum atomic E-state index is -2.81. The Morgan fingerprint density at radius 2 is 2.09 bits per heavy atom. The molecule has 0 spiro atoms. The molecule has 0 bridgehead atoms. The highest BCUT2D eigenvalue weighted by Gasteiger charge is 2.32. The van der Waals surface area contributed by atoms with E-state index in [1.807, 2.05) is 0 Å². The highest BCUT2D eigenvalue weighted by molar-refractivity contribution is 5.10. The van der Waals surface area contributed by atoms with Gasteiger partial charge < -0.3 is 4.42 Å². The van der Waals surface area contributed by atoms with Crippen molar-refractivity contribution in [2.24, 2.45) is 0 Å². The van der Waals surface area contributed by atoms with E-state index in [9.17, 15) is 8.78 Å². The Labute approximate surface area is 64.0 Å². The van der Waals surface area contributed by atoms with Crippen molar-refractivity contribution in [2.45, 2.75) is 26.2 Å². The normalized spacial score (nSPS) is 12.0. The first-order chi connectivity index (χ1) is 5.06. The highest BCUT2D eigenvalue weighted by atomic mass is 19.3. The lowest BCUT2D eigenvalue weighted by Gasteiger charge is -2.09. The summed E-state index contributed by atoms with van der Waals surface area (Å²) in [5, 5.41) is 0. The van der Waals surface area contributed by atoms with Gasteiger partial charge in [-0.25, -0.2) is 0 Å². The maximum absolute atomic E-state index is 12.8. The minimum Gasteiger partial charge on any atom is -0.460 e. The van der Waals surface area contributed by atoms with Crippen molar-refractivity contribution in [2.75, 3.05) is 0 Å². The van der Waals surface area contributed by atoms with E-state index in [0.717, 1.165) is 0 Å². The number of hydrogen-bond donors (Lipinski definition) is 0. The van der Waals surface area contributed by atoms with Gasteiger partial charge in [0.15, 0.2) is 5.76 Å². The molecule has 0 amide bonds. The van der Waals surface area contributed by atoms with Gasteiger partial charge in [0.05, 0.1) is 0 Å². The largest absolute Gasteiger partial charge is 0.460 e. The van der Waals surface area contributed by atoms with Crippen LogP contribution in [0.25, 0.3) is 0 Å². The second-order valence-electron chi connectivity index (χ2n) is 2.47. The molecule has 0 unspecified atom stereocenters. The molecule has 0 fully saturated rings. The first kappa shape index (κ1) is 8.24. The van der Waals surface area contributed by atoms with Crippen LogP contribution in [0.15, 0.2) is 16.5 Å². The van der Waals surface area contributed by atoms with Crippen molar-refractivity contribution in [1.29, 1.82) is 0 Å². The Balaban J connectivity index is 2.92. The molecule has 62 valence electrons. The number of aryl methyl sites for hydroxylation is 1. The third-order valence-corrected chi connectivity index (χ3v) is 1.54. The standard InChI is InChI=1S/C8H10F2O/c1-3-8(9,10)7-5-4-6(2)11-7/h4-5H,3H2,1-2H3. The van der Waals surface area contributed by atoms with Crippen LogP contribution < -0.4 is 0 Å². The number of rotatable bonds is 2. The molecule has 11 heavy (non-hydrogen) atoms. The summed E-state index contributed by atoms with van der Waals surface area (Å²) in [6.07, 6.45) is -0.222. The van der Waals surface area contributed by atoms with Gasteiger partial charge in [0, 0.05) is 6.42 Å². The second kappa shape index (κ2) is 2.64. The molecule has 1 aromatic rings.